The lowest BCUT2D eigenvalue weighted by molar-refractivity contribution is -0.198. The fraction of sp³-hybridized carbons (Fsp3) is 0.647. The molecule has 3 rings (SSSR count). The molecule has 2 aliphatic heterocycles. The summed E-state index contributed by atoms with van der Waals surface area (Å²) in [5, 5.41) is 0. The molecule has 2 saturated heterocycles. The van der Waals surface area contributed by atoms with Gasteiger partial charge in [0, 0.05) is 37.5 Å². The van der Waals surface area contributed by atoms with Gasteiger partial charge in [-0.25, -0.2) is 4.79 Å². The second kappa shape index (κ2) is 8.26. The molecule has 0 saturated carbocycles. The van der Waals surface area contributed by atoms with Gasteiger partial charge in [-0.2, -0.15) is 0 Å². The number of nitrogens with zero attached hydrogens (tertiary/aromatic N) is 2. The van der Waals surface area contributed by atoms with Crippen LogP contribution in [-0.2, 0) is 14.2 Å². The molecule has 1 atom stereocenters. The van der Waals surface area contributed by atoms with Crippen molar-refractivity contribution >= 4 is 6.09 Å². The van der Waals surface area contributed by atoms with E-state index in [4.69, 9.17) is 14.2 Å². The van der Waals surface area contributed by atoms with E-state index < -0.39 is 0 Å². The van der Waals surface area contributed by atoms with Crippen molar-refractivity contribution in [1.82, 2.24) is 9.88 Å². The third-order valence-corrected chi connectivity index (χ3v) is 4.43. The van der Waals surface area contributed by atoms with Gasteiger partial charge < -0.3 is 19.1 Å². The molecule has 6 heteroatoms. The molecule has 126 valence electrons. The summed E-state index contributed by atoms with van der Waals surface area (Å²) < 4.78 is 16.1. The standard InChI is InChI=1S/C17H24N2O4/c20-17(23-13-22-16-6-2-4-12-21-16)19-10-7-14(8-11-19)15-5-1-3-9-18-15/h1,3,5,9,14,16H,2,4,6-8,10-13H2. The molecule has 2 fully saturated rings. The molecule has 23 heavy (non-hydrogen) atoms. The van der Waals surface area contributed by atoms with E-state index in [0.717, 1.165) is 44.4 Å². The molecule has 0 aromatic carbocycles. The smallest absolute Gasteiger partial charge is 0.411 e. The zero-order chi connectivity index (χ0) is 15.9. The SMILES string of the molecule is O=C(OCOC1CCCCO1)N1CCC(c2ccccn2)CC1. The van der Waals surface area contributed by atoms with Gasteiger partial charge >= 0.3 is 6.09 Å². The Labute approximate surface area is 136 Å². The molecule has 2 aliphatic rings. The molecule has 0 N–H and O–H groups in total. The van der Waals surface area contributed by atoms with E-state index in [1.807, 2.05) is 18.3 Å². The molecule has 3 heterocycles. The second-order valence-electron chi connectivity index (χ2n) is 6.01. The Morgan fingerprint density at radius 1 is 1.26 bits per heavy atom. The van der Waals surface area contributed by atoms with E-state index >= 15 is 0 Å². The number of likely N-dealkylation sites (tertiary alicyclic amines) is 1. The number of piperidine rings is 1. The van der Waals surface area contributed by atoms with Gasteiger partial charge in [0.05, 0.1) is 0 Å². The molecule has 1 unspecified atom stereocenters. The summed E-state index contributed by atoms with van der Waals surface area (Å²) in [5.74, 6) is 0.423. The van der Waals surface area contributed by atoms with Gasteiger partial charge in [-0.05, 0) is 44.2 Å². The maximum absolute atomic E-state index is 12.1. The molecular formula is C17H24N2O4. The van der Waals surface area contributed by atoms with Crippen molar-refractivity contribution in [3.05, 3.63) is 30.1 Å². The molecule has 0 spiro atoms. The quantitative estimate of drug-likeness (QED) is 0.798. The summed E-state index contributed by atoms with van der Waals surface area (Å²) in [6.45, 7) is 2.07. The fourth-order valence-corrected chi connectivity index (χ4v) is 3.07. The van der Waals surface area contributed by atoms with Gasteiger partial charge in [-0.3, -0.25) is 4.98 Å². The first-order chi connectivity index (χ1) is 11.3. The third-order valence-electron chi connectivity index (χ3n) is 4.43. The van der Waals surface area contributed by atoms with Gasteiger partial charge in [0.1, 0.15) is 0 Å². The fourth-order valence-electron chi connectivity index (χ4n) is 3.07. The van der Waals surface area contributed by atoms with Crippen molar-refractivity contribution < 1.29 is 19.0 Å². The first-order valence-electron chi connectivity index (χ1n) is 8.39. The van der Waals surface area contributed by atoms with Crippen LogP contribution in [0, 0.1) is 0 Å². The molecule has 1 amide bonds. The topological polar surface area (TPSA) is 60.9 Å². The highest BCUT2D eigenvalue weighted by Crippen LogP contribution is 2.26. The minimum atomic E-state index is -0.305. The summed E-state index contributed by atoms with van der Waals surface area (Å²) in [7, 11) is 0. The van der Waals surface area contributed by atoms with Crippen LogP contribution < -0.4 is 0 Å². The summed E-state index contributed by atoms with van der Waals surface area (Å²) in [6.07, 6.45) is 6.15. The van der Waals surface area contributed by atoms with Crippen LogP contribution >= 0.6 is 0 Å². The lowest BCUT2D eigenvalue weighted by atomic mass is 9.93. The van der Waals surface area contributed by atoms with Crippen LogP contribution in [0.15, 0.2) is 24.4 Å². The zero-order valence-electron chi connectivity index (χ0n) is 13.4. The third kappa shape index (κ3) is 4.65. The number of carbonyl (C=O) groups excluding carboxylic acids is 1. The van der Waals surface area contributed by atoms with Crippen molar-refractivity contribution in [1.29, 1.82) is 0 Å². The molecule has 0 aliphatic carbocycles. The lowest BCUT2D eigenvalue weighted by Crippen LogP contribution is -2.39. The first-order valence-corrected chi connectivity index (χ1v) is 8.39. The average Bonchev–Trinajstić information content (AvgIpc) is 2.63. The number of carbonyl (C=O) groups is 1. The monoisotopic (exact) mass is 320 g/mol. The molecule has 0 bridgehead atoms. The molecule has 0 radical (unpaired) electrons. The van der Waals surface area contributed by atoms with E-state index in [-0.39, 0.29) is 19.2 Å². The van der Waals surface area contributed by atoms with Crippen molar-refractivity contribution in [3.8, 4) is 0 Å². The number of aromatic nitrogens is 1. The number of amides is 1. The average molecular weight is 320 g/mol. The predicted octanol–water partition coefficient (Wildman–Crippen LogP) is 2.90. The Morgan fingerprint density at radius 2 is 2.13 bits per heavy atom. The number of rotatable bonds is 4. The second-order valence-corrected chi connectivity index (χ2v) is 6.01. The maximum atomic E-state index is 12.1. The van der Waals surface area contributed by atoms with Crippen LogP contribution in [0.3, 0.4) is 0 Å². The minimum absolute atomic E-state index is 0.0380. The lowest BCUT2D eigenvalue weighted by Gasteiger charge is -2.31. The van der Waals surface area contributed by atoms with Crippen molar-refractivity contribution in [3.63, 3.8) is 0 Å². The van der Waals surface area contributed by atoms with Gasteiger partial charge in [0.15, 0.2) is 13.1 Å². The van der Waals surface area contributed by atoms with Crippen LogP contribution in [-0.4, -0.2) is 48.8 Å². The highest BCUT2D eigenvalue weighted by atomic mass is 16.8. The summed E-state index contributed by atoms with van der Waals surface area (Å²) in [6, 6.07) is 5.98. The van der Waals surface area contributed by atoms with Crippen molar-refractivity contribution in [2.75, 3.05) is 26.5 Å². The van der Waals surface area contributed by atoms with Gasteiger partial charge in [0.2, 0.25) is 0 Å². The van der Waals surface area contributed by atoms with E-state index in [1.165, 1.54) is 0 Å². The number of ether oxygens (including phenoxy) is 3. The number of pyridine rings is 1. The van der Waals surface area contributed by atoms with E-state index in [9.17, 15) is 4.79 Å². The largest absolute Gasteiger partial charge is 0.422 e. The Balaban J connectivity index is 1.36. The van der Waals surface area contributed by atoms with Gasteiger partial charge in [-0.1, -0.05) is 6.07 Å². The van der Waals surface area contributed by atoms with Crippen LogP contribution in [0.4, 0.5) is 4.79 Å². The Hall–Kier alpha value is -1.66. The summed E-state index contributed by atoms with van der Waals surface area (Å²) >= 11 is 0. The van der Waals surface area contributed by atoms with E-state index in [0.29, 0.717) is 19.0 Å². The predicted molar refractivity (Wildman–Crippen MR) is 83.8 cm³/mol. The Bertz CT molecular complexity index is 483. The normalized spacial score (nSPS) is 22.8. The molecular weight excluding hydrogens is 296 g/mol. The molecule has 6 nitrogen and oxygen atoms in total. The summed E-state index contributed by atoms with van der Waals surface area (Å²) in [4.78, 5) is 18.2. The van der Waals surface area contributed by atoms with Crippen molar-refractivity contribution in [2.24, 2.45) is 0 Å². The Kier molecular flexibility index (Phi) is 5.82. The number of hydrogen-bond acceptors (Lipinski definition) is 5. The highest BCUT2D eigenvalue weighted by molar-refractivity contribution is 5.67. The van der Waals surface area contributed by atoms with Crippen LogP contribution in [0.2, 0.25) is 0 Å². The summed E-state index contributed by atoms with van der Waals surface area (Å²) in [5.41, 5.74) is 1.11. The minimum Gasteiger partial charge on any atom is -0.422 e. The van der Waals surface area contributed by atoms with Crippen LogP contribution in [0.25, 0.3) is 0 Å². The first kappa shape index (κ1) is 16.2. The van der Waals surface area contributed by atoms with E-state index in [2.05, 4.69) is 11.1 Å². The van der Waals surface area contributed by atoms with E-state index in [1.54, 1.807) is 4.90 Å². The van der Waals surface area contributed by atoms with Gasteiger partial charge in [0.25, 0.3) is 0 Å². The zero-order valence-corrected chi connectivity index (χ0v) is 13.4. The maximum Gasteiger partial charge on any atom is 0.411 e. The van der Waals surface area contributed by atoms with Crippen LogP contribution in [0.5, 0.6) is 0 Å². The van der Waals surface area contributed by atoms with Crippen molar-refractivity contribution in [2.45, 2.75) is 44.3 Å². The highest BCUT2D eigenvalue weighted by Gasteiger charge is 2.25. The Morgan fingerprint density at radius 3 is 2.83 bits per heavy atom. The molecule has 1 aromatic heterocycles. The number of hydrogen-bond donors (Lipinski definition) is 0. The van der Waals surface area contributed by atoms with Gasteiger partial charge in [-0.15, -0.1) is 0 Å². The van der Waals surface area contributed by atoms with Crippen LogP contribution in [0.1, 0.15) is 43.7 Å². The molecule has 1 aromatic rings.